The van der Waals surface area contributed by atoms with Crippen LogP contribution in [-0.4, -0.2) is 10.2 Å². The zero-order valence-corrected chi connectivity index (χ0v) is 22.7. The largest absolute Gasteiger partial charge is 0.507 e. The number of benzene rings is 6. The molecule has 0 bridgehead atoms. The van der Waals surface area contributed by atoms with Crippen molar-refractivity contribution in [3.05, 3.63) is 157 Å². The van der Waals surface area contributed by atoms with Gasteiger partial charge >= 0.3 is 0 Å². The van der Waals surface area contributed by atoms with Gasteiger partial charge in [0.2, 0.25) is 0 Å². The number of rotatable bonds is 6. The summed E-state index contributed by atoms with van der Waals surface area (Å²) >= 11 is 0. The van der Waals surface area contributed by atoms with E-state index in [2.05, 4.69) is 72.8 Å². The molecular weight excluding hydrogens is 500 g/mol. The molecule has 0 saturated heterocycles. The molecular formula is C39H30O2. The standard InChI is InChI=1S/C39H30O2/c40-37-33(27-13-5-1-6-14-27)23-31(24-34(37)28-15-7-2-8-16-28)39(21-22-39)32-25-35(29-17-9-3-10-18-29)38(41)36(26-32)30-19-11-4-12-20-30/h1-20,23-26,40-41H,21-22H2. The molecule has 0 heterocycles. The van der Waals surface area contributed by atoms with Gasteiger partial charge in [-0.1, -0.05) is 121 Å². The van der Waals surface area contributed by atoms with Crippen LogP contribution in [0.3, 0.4) is 0 Å². The molecule has 7 rings (SSSR count). The molecule has 6 aromatic rings. The molecule has 2 heteroatoms. The van der Waals surface area contributed by atoms with Crippen molar-refractivity contribution in [1.82, 2.24) is 0 Å². The van der Waals surface area contributed by atoms with E-state index in [0.717, 1.165) is 57.3 Å². The van der Waals surface area contributed by atoms with E-state index in [1.54, 1.807) is 0 Å². The molecule has 1 fully saturated rings. The Morgan fingerprint density at radius 3 is 0.829 bits per heavy atom. The van der Waals surface area contributed by atoms with Crippen LogP contribution in [-0.2, 0) is 5.41 Å². The number of hydrogen-bond acceptors (Lipinski definition) is 2. The highest BCUT2D eigenvalue weighted by atomic mass is 16.3. The van der Waals surface area contributed by atoms with Crippen molar-refractivity contribution < 1.29 is 10.2 Å². The normalized spacial score (nSPS) is 13.6. The molecule has 0 aromatic heterocycles. The second-order valence-corrected chi connectivity index (χ2v) is 10.9. The Morgan fingerprint density at radius 2 is 0.610 bits per heavy atom. The van der Waals surface area contributed by atoms with Crippen molar-refractivity contribution >= 4 is 0 Å². The average molecular weight is 531 g/mol. The Bertz CT molecular complexity index is 1570. The highest BCUT2D eigenvalue weighted by Crippen LogP contribution is 2.57. The van der Waals surface area contributed by atoms with E-state index >= 15 is 0 Å². The van der Waals surface area contributed by atoms with Gasteiger partial charge < -0.3 is 10.2 Å². The molecule has 0 radical (unpaired) electrons. The van der Waals surface area contributed by atoms with Gasteiger partial charge in [0.05, 0.1) is 0 Å². The minimum absolute atomic E-state index is 0.221. The number of phenolic OH excluding ortho intramolecular Hbond substituents is 2. The van der Waals surface area contributed by atoms with Crippen LogP contribution >= 0.6 is 0 Å². The summed E-state index contributed by atoms with van der Waals surface area (Å²) in [7, 11) is 0. The third kappa shape index (κ3) is 4.48. The van der Waals surface area contributed by atoms with E-state index in [0.29, 0.717) is 11.5 Å². The SMILES string of the molecule is Oc1c(-c2ccccc2)cc(C2(c3cc(-c4ccccc4)c(O)c(-c4ccccc4)c3)CC2)cc1-c1ccccc1. The Hall–Kier alpha value is -5.08. The maximum atomic E-state index is 11.6. The van der Waals surface area contributed by atoms with Gasteiger partial charge in [-0.2, -0.15) is 0 Å². The highest BCUT2D eigenvalue weighted by Gasteiger charge is 2.47. The predicted octanol–water partition coefficient (Wildman–Crippen LogP) is 9.85. The van der Waals surface area contributed by atoms with Crippen molar-refractivity contribution in [1.29, 1.82) is 0 Å². The van der Waals surface area contributed by atoms with Gasteiger partial charge in [0, 0.05) is 27.7 Å². The van der Waals surface area contributed by atoms with Crippen molar-refractivity contribution in [3.63, 3.8) is 0 Å². The zero-order chi connectivity index (χ0) is 27.8. The third-order valence-corrected chi connectivity index (χ3v) is 8.41. The monoisotopic (exact) mass is 530 g/mol. The van der Waals surface area contributed by atoms with Crippen LogP contribution in [0.5, 0.6) is 11.5 Å². The number of hydrogen-bond donors (Lipinski definition) is 2. The van der Waals surface area contributed by atoms with Gasteiger partial charge in [-0.3, -0.25) is 0 Å². The molecule has 0 atom stereocenters. The lowest BCUT2D eigenvalue weighted by molar-refractivity contribution is 0.479. The topological polar surface area (TPSA) is 40.5 Å². The lowest BCUT2D eigenvalue weighted by Crippen LogP contribution is -2.10. The summed E-state index contributed by atoms with van der Waals surface area (Å²) in [6.07, 6.45) is 1.99. The second-order valence-electron chi connectivity index (χ2n) is 10.9. The first-order valence-corrected chi connectivity index (χ1v) is 14.1. The smallest absolute Gasteiger partial charge is 0.131 e. The van der Waals surface area contributed by atoms with Crippen molar-refractivity contribution in [2.45, 2.75) is 18.3 Å². The molecule has 1 aliphatic rings. The fraction of sp³-hybridized carbons (Fsp3) is 0.0769. The van der Waals surface area contributed by atoms with Crippen molar-refractivity contribution in [3.8, 4) is 56.0 Å². The Labute approximate surface area is 240 Å². The van der Waals surface area contributed by atoms with Crippen LogP contribution in [0.1, 0.15) is 24.0 Å². The molecule has 1 saturated carbocycles. The zero-order valence-electron chi connectivity index (χ0n) is 22.7. The minimum atomic E-state index is -0.221. The third-order valence-electron chi connectivity index (χ3n) is 8.41. The van der Waals surface area contributed by atoms with Crippen LogP contribution in [0, 0.1) is 0 Å². The van der Waals surface area contributed by atoms with Gasteiger partial charge in [-0.05, 0) is 70.5 Å². The van der Waals surface area contributed by atoms with Crippen molar-refractivity contribution in [2.75, 3.05) is 0 Å². The average Bonchev–Trinajstić information content (AvgIpc) is 3.85. The maximum absolute atomic E-state index is 11.6. The molecule has 198 valence electrons. The first kappa shape index (κ1) is 24.9. The van der Waals surface area contributed by atoms with E-state index in [1.807, 2.05) is 72.8 Å². The molecule has 0 amide bonds. The summed E-state index contributed by atoms with van der Waals surface area (Å²) in [5, 5.41) is 23.1. The molecule has 0 unspecified atom stereocenters. The molecule has 6 aromatic carbocycles. The first-order chi connectivity index (χ1) is 20.1. The van der Waals surface area contributed by atoms with Gasteiger partial charge in [-0.15, -0.1) is 0 Å². The lowest BCUT2D eigenvalue weighted by atomic mass is 9.81. The fourth-order valence-electron chi connectivity index (χ4n) is 6.04. The quantitative estimate of drug-likeness (QED) is 0.225. The van der Waals surface area contributed by atoms with Gasteiger partial charge in [0.1, 0.15) is 11.5 Å². The second kappa shape index (κ2) is 10.1. The van der Waals surface area contributed by atoms with E-state index in [-0.39, 0.29) is 5.41 Å². The summed E-state index contributed by atoms with van der Waals surface area (Å²) in [6.45, 7) is 0. The van der Waals surface area contributed by atoms with Crippen LogP contribution in [0.25, 0.3) is 44.5 Å². The van der Waals surface area contributed by atoms with Crippen LogP contribution in [0.2, 0.25) is 0 Å². The van der Waals surface area contributed by atoms with Crippen molar-refractivity contribution in [2.24, 2.45) is 0 Å². The summed E-state index contributed by atoms with van der Waals surface area (Å²) in [5.41, 5.74) is 9.41. The Morgan fingerprint density at radius 1 is 0.366 bits per heavy atom. The van der Waals surface area contributed by atoms with E-state index in [4.69, 9.17) is 0 Å². The number of phenols is 2. The first-order valence-electron chi connectivity index (χ1n) is 14.1. The molecule has 2 nitrogen and oxygen atoms in total. The minimum Gasteiger partial charge on any atom is -0.507 e. The number of aromatic hydroxyl groups is 2. The fourth-order valence-corrected chi connectivity index (χ4v) is 6.04. The summed E-state index contributed by atoms with van der Waals surface area (Å²) in [5.74, 6) is 0.588. The lowest BCUT2D eigenvalue weighted by Gasteiger charge is -2.23. The summed E-state index contributed by atoms with van der Waals surface area (Å²) < 4.78 is 0. The Balaban J connectivity index is 1.47. The molecule has 1 aliphatic carbocycles. The van der Waals surface area contributed by atoms with Gasteiger partial charge in [0.25, 0.3) is 0 Å². The van der Waals surface area contributed by atoms with Crippen LogP contribution < -0.4 is 0 Å². The van der Waals surface area contributed by atoms with E-state index in [1.165, 1.54) is 11.1 Å². The highest BCUT2D eigenvalue weighted by molar-refractivity contribution is 5.86. The van der Waals surface area contributed by atoms with E-state index in [9.17, 15) is 10.2 Å². The Kier molecular flexibility index (Phi) is 6.17. The predicted molar refractivity (Wildman–Crippen MR) is 168 cm³/mol. The van der Waals surface area contributed by atoms with Gasteiger partial charge in [-0.25, -0.2) is 0 Å². The summed E-state index contributed by atoms with van der Waals surface area (Å²) in [6, 6.07) is 49.1. The molecule has 0 aliphatic heterocycles. The maximum Gasteiger partial charge on any atom is 0.131 e. The molecule has 0 spiro atoms. The molecule has 2 N–H and O–H groups in total. The van der Waals surface area contributed by atoms with E-state index < -0.39 is 0 Å². The van der Waals surface area contributed by atoms with Crippen LogP contribution in [0.15, 0.2) is 146 Å². The summed E-state index contributed by atoms with van der Waals surface area (Å²) in [4.78, 5) is 0. The van der Waals surface area contributed by atoms with Crippen LogP contribution in [0.4, 0.5) is 0 Å². The molecule has 41 heavy (non-hydrogen) atoms. The van der Waals surface area contributed by atoms with Gasteiger partial charge in [0.15, 0.2) is 0 Å².